The minimum atomic E-state index is 0.302. The Morgan fingerprint density at radius 3 is 2.78 bits per heavy atom. The van der Waals surface area contributed by atoms with Crippen LogP contribution in [-0.2, 0) is 14.2 Å². The van der Waals surface area contributed by atoms with Crippen LogP contribution in [0.4, 0.5) is 0 Å². The maximum Gasteiger partial charge on any atom is 0.193 e. The topological polar surface area (TPSA) is 55.3 Å². The molecule has 1 N–H and O–H groups in total. The van der Waals surface area contributed by atoms with Gasteiger partial charge in [-0.1, -0.05) is 0 Å². The second-order valence-corrected chi connectivity index (χ2v) is 6.45. The lowest BCUT2D eigenvalue weighted by atomic mass is 9.96. The molecule has 23 heavy (non-hydrogen) atoms. The number of guanidine groups is 1. The molecule has 1 unspecified atom stereocenters. The minimum Gasteiger partial charge on any atom is -0.381 e. The molecule has 0 amide bonds. The van der Waals surface area contributed by atoms with E-state index in [9.17, 15) is 0 Å². The Morgan fingerprint density at radius 1 is 1.26 bits per heavy atom. The van der Waals surface area contributed by atoms with Gasteiger partial charge in [0.1, 0.15) is 0 Å². The molecule has 0 aliphatic carbocycles. The van der Waals surface area contributed by atoms with Crippen LogP contribution in [0.2, 0.25) is 0 Å². The Hall–Kier alpha value is -0.850. The zero-order valence-corrected chi connectivity index (χ0v) is 14.8. The fourth-order valence-corrected chi connectivity index (χ4v) is 3.13. The van der Waals surface area contributed by atoms with Gasteiger partial charge in [-0.2, -0.15) is 0 Å². The second-order valence-electron chi connectivity index (χ2n) is 6.45. The van der Waals surface area contributed by atoms with E-state index in [1.54, 1.807) is 0 Å². The van der Waals surface area contributed by atoms with Crippen LogP contribution >= 0.6 is 0 Å². The van der Waals surface area contributed by atoms with Gasteiger partial charge in [-0.3, -0.25) is 4.99 Å². The fourth-order valence-electron chi connectivity index (χ4n) is 3.13. The first-order chi connectivity index (χ1) is 11.3. The van der Waals surface area contributed by atoms with Gasteiger partial charge in [0.25, 0.3) is 0 Å². The summed E-state index contributed by atoms with van der Waals surface area (Å²) >= 11 is 0. The van der Waals surface area contributed by atoms with Crippen molar-refractivity contribution in [2.75, 3.05) is 60.2 Å². The molecule has 2 heterocycles. The highest BCUT2D eigenvalue weighted by Gasteiger charge is 2.16. The number of nitrogens with one attached hydrogen (secondary N) is 1. The van der Waals surface area contributed by atoms with Crippen LogP contribution in [-0.4, -0.2) is 77.2 Å². The average Bonchev–Trinajstić information content (AvgIpc) is 3.10. The zero-order chi connectivity index (χ0) is 16.3. The molecule has 2 saturated heterocycles. The van der Waals surface area contributed by atoms with Crippen LogP contribution < -0.4 is 5.32 Å². The molecule has 0 spiro atoms. The summed E-state index contributed by atoms with van der Waals surface area (Å²) in [7, 11) is 3.93. The van der Waals surface area contributed by atoms with Crippen molar-refractivity contribution in [2.24, 2.45) is 10.9 Å². The number of rotatable bonds is 8. The SMILES string of the molecule is CN=C(NCCOCC1CCCO1)N(C)CCC1CCOCC1. The van der Waals surface area contributed by atoms with Gasteiger partial charge < -0.3 is 24.4 Å². The number of ether oxygens (including phenoxy) is 3. The van der Waals surface area contributed by atoms with Crippen molar-refractivity contribution < 1.29 is 14.2 Å². The van der Waals surface area contributed by atoms with Crippen LogP contribution in [0, 0.1) is 5.92 Å². The van der Waals surface area contributed by atoms with Gasteiger partial charge in [0, 0.05) is 47.0 Å². The number of hydrogen-bond acceptors (Lipinski definition) is 4. The fraction of sp³-hybridized carbons (Fsp3) is 0.941. The first-order valence-electron chi connectivity index (χ1n) is 8.98. The lowest BCUT2D eigenvalue weighted by Crippen LogP contribution is -2.41. The highest BCUT2D eigenvalue weighted by atomic mass is 16.5. The molecule has 6 heteroatoms. The van der Waals surface area contributed by atoms with Crippen LogP contribution in [0.1, 0.15) is 32.1 Å². The van der Waals surface area contributed by atoms with Crippen molar-refractivity contribution >= 4 is 5.96 Å². The summed E-state index contributed by atoms with van der Waals surface area (Å²) in [5.41, 5.74) is 0. The maximum absolute atomic E-state index is 5.67. The maximum atomic E-state index is 5.67. The average molecular weight is 327 g/mol. The summed E-state index contributed by atoms with van der Waals surface area (Å²) in [6, 6.07) is 0. The molecule has 0 saturated carbocycles. The van der Waals surface area contributed by atoms with Gasteiger partial charge >= 0.3 is 0 Å². The summed E-state index contributed by atoms with van der Waals surface area (Å²) in [6.07, 6.45) is 6.18. The van der Waals surface area contributed by atoms with Crippen molar-refractivity contribution in [1.29, 1.82) is 0 Å². The molecular formula is C17H33N3O3. The normalized spacial score (nSPS) is 23.2. The lowest BCUT2D eigenvalue weighted by molar-refractivity contribution is 0.0190. The van der Waals surface area contributed by atoms with Crippen LogP contribution in [0.5, 0.6) is 0 Å². The third kappa shape index (κ3) is 7.06. The standard InChI is InChI=1S/C17H33N3O3/c1-18-17(19-8-13-22-14-16-4-3-10-23-16)20(2)9-5-15-6-11-21-12-7-15/h15-16H,3-14H2,1-2H3,(H,18,19). The third-order valence-electron chi connectivity index (χ3n) is 4.64. The van der Waals surface area contributed by atoms with Crippen LogP contribution in [0.25, 0.3) is 0 Å². The van der Waals surface area contributed by atoms with E-state index in [0.29, 0.717) is 19.3 Å². The van der Waals surface area contributed by atoms with Crippen molar-refractivity contribution in [3.05, 3.63) is 0 Å². The predicted molar refractivity (Wildman–Crippen MR) is 91.9 cm³/mol. The molecule has 0 bridgehead atoms. The molecular weight excluding hydrogens is 294 g/mol. The van der Waals surface area contributed by atoms with E-state index in [1.165, 1.54) is 19.3 Å². The summed E-state index contributed by atoms with van der Waals surface area (Å²) in [5, 5.41) is 3.37. The first-order valence-corrected chi connectivity index (χ1v) is 8.98. The van der Waals surface area contributed by atoms with Gasteiger partial charge in [-0.05, 0) is 38.0 Å². The zero-order valence-electron chi connectivity index (χ0n) is 14.8. The molecule has 2 aliphatic heterocycles. The Balaban J connectivity index is 1.54. The van der Waals surface area contributed by atoms with Gasteiger partial charge in [0.2, 0.25) is 0 Å². The summed E-state index contributed by atoms with van der Waals surface area (Å²) in [6.45, 7) is 5.93. The smallest absolute Gasteiger partial charge is 0.193 e. The Bertz CT molecular complexity index is 340. The van der Waals surface area contributed by atoms with Gasteiger partial charge in [0.05, 0.1) is 19.3 Å². The van der Waals surface area contributed by atoms with Crippen molar-refractivity contribution in [3.8, 4) is 0 Å². The Morgan fingerprint density at radius 2 is 2.09 bits per heavy atom. The monoisotopic (exact) mass is 327 g/mol. The van der Waals surface area contributed by atoms with Gasteiger partial charge in [-0.15, -0.1) is 0 Å². The highest BCUT2D eigenvalue weighted by molar-refractivity contribution is 5.79. The van der Waals surface area contributed by atoms with E-state index in [-0.39, 0.29) is 0 Å². The van der Waals surface area contributed by atoms with Crippen LogP contribution in [0.3, 0.4) is 0 Å². The van der Waals surface area contributed by atoms with Gasteiger partial charge in [0.15, 0.2) is 5.96 Å². The Labute approximate surface area is 140 Å². The Kier molecular flexibility index (Phi) is 8.71. The quantitative estimate of drug-likeness (QED) is 0.416. The highest BCUT2D eigenvalue weighted by Crippen LogP contribution is 2.18. The second kappa shape index (κ2) is 10.8. The molecule has 2 fully saturated rings. The van der Waals surface area contributed by atoms with Crippen LogP contribution in [0.15, 0.2) is 4.99 Å². The number of nitrogens with zero attached hydrogens (tertiary/aromatic N) is 2. The van der Waals surface area contributed by atoms with Crippen molar-refractivity contribution in [2.45, 2.75) is 38.2 Å². The van der Waals surface area contributed by atoms with Crippen molar-refractivity contribution in [1.82, 2.24) is 10.2 Å². The molecule has 2 aliphatic rings. The molecule has 2 rings (SSSR count). The molecule has 0 aromatic carbocycles. The molecule has 0 radical (unpaired) electrons. The van der Waals surface area contributed by atoms with E-state index in [4.69, 9.17) is 14.2 Å². The van der Waals surface area contributed by atoms with Gasteiger partial charge in [-0.25, -0.2) is 0 Å². The lowest BCUT2D eigenvalue weighted by Gasteiger charge is -2.26. The molecule has 1 atom stereocenters. The summed E-state index contributed by atoms with van der Waals surface area (Å²) in [4.78, 5) is 6.56. The van der Waals surface area contributed by atoms with E-state index >= 15 is 0 Å². The number of aliphatic imine (C=N–C) groups is 1. The molecule has 6 nitrogen and oxygen atoms in total. The summed E-state index contributed by atoms with van der Waals surface area (Å²) in [5.74, 6) is 1.73. The third-order valence-corrected chi connectivity index (χ3v) is 4.64. The minimum absolute atomic E-state index is 0.302. The van der Waals surface area contributed by atoms with Crippen molar-refractivity contribution in [3.63, 3.8) is 0 Å². The first kappa shape index (κ1) is 18.5. The van der Waals surface area contributed by atoms with E-state index in [2.05, 4.69) is 22.3 Å². The van der Waals surface area contributed by atoms with E-state index in [1.807, 2.05) is 7.05 Å². The molecule has 0 aromatic rings. The molecule has 134 valence electrons. The molecule has 0 aromatic heterocycles. The number of hydrogen-bond donors (Lipinski definition) is 1. The summed E-state index contributed by atoms with van der Waals surface area (Å²) < 4.78 is 16.6. The largest absolute Gasteiger partial charge is 0.381 e. The van der Waals surface area contributed by atoms with E-state index in [0.717, 1.165) is 57.6 Å². The predicted octanol–water partition coefficient (Wildman–Crippen LogP) is 1.51. The van der Waals surface area contributed by atoms with E-state index < -0.39 is 0 Å².